The molecule has 2 fully saturated rings. The number of rotatable bonds is 5. The fraction of sp³-hybridized carbons (Fsp3) is 0.500. The van der Waals surface area contributed by atoms with Gasteiger partial charge in [-0.25, -0.2) is 0 Å². The number of hydrogen-bond acceptors (Lipinski definition) is 5. The molecule has 170 valence electrons. The number of fused-ring (bicyclic) bond motifs is 3. The number of piperidine rings is 1. The lowest BCUT2D eigenvalue weighted by molar-refractivity contribution is 0.0515. The number of likely N-dealkylation sites (N-methyl/N-ethyl adjacent to an activating group) is 1. The van der Waals surface area contributed by atoms with Crippen molar-refractivity contribution in [2.24, 2.45) is 0 Å². The van der Waals surface area contributed by atoms with Crippen LogP contribution in [0, 0.1) is 0 Å². The van der Waals surface area contributed by atoms with Gasteiger partial charge in [0.1, 0.15) is 0 Å². The first-order chi connectivity index (χ1) is 15.7. The Hall–Kier alpha value is -2.73. The summed E-state index contributed by atoms with van der Waals surface area (Å²) in [6, 6.07) is 12.6. The van der Waals surface area contributed by atoms with Gasteiger partial charge in [-0.15, -0.1) is 0 Å². The van der Waals surface area contributed by atoms with Crippen molar-refractivity contribution >= 4 is 11.6 Å². The topological polar surface area (TPSA) is 45.2 Å². The number of methoxy groups -OCH3 is 2. The summed E-state index contributed by atoms with van der Waals surface area (Å²) in [7, 11) is 3.31. The largest absolute Gasteiger partial charge is 0.493 e. The zero-order chi connectivity index (χ0) is 22.2. The van der Waals surface area contributed by atoms with E-state index in [1.165, 1.54) is 11.3 Å². The van der Waals surface area contributed by atoms with Gasteiger partial charge in [0.05, 0.1) is 26.3 Å². The number of ether oxygens (including phenoxy) is 2. The van der Waals surface area contributed by atoms with Crippen molar-refractivity contribution in [3.8, 4) is 11.5 Å². The van der Waals surface area contributed by atoms with Gasteiger partial charge in [-0.1, -0.05) is 19.1 Å². The fourth-order valence-corrected chi connectivity index (χ4v) is 5.76. The van der Waals surface area contributed by atoms with Crippen LogP contribution >= 0.6 is 0 Å². The van der Waals surface area contributed by atoms with Gasteiger partial charge in [0.25, 0.3) is 5.91 Å². The van der Waals surface area contributed by atoms with Crippen LogP contribution in [0.3, 0.4) is 0 Å². The number of carbonyl (C=O) groups is 1. The Bertz CT molecular complexity index is 1000. The van der Waals surface area contributed by atoms with Gasteiger partial charge in [0.15, 0.2) is 11.5 Å². The lowest BCUT2D eigenvalue weighted by atomic mass is 9.89. The molecule has 2 atom stereocenters. The molecular weight excluding hydrogens is 402 g/mol. The van der Waals surface area contributed by atoms with Gasteiger partial charge in [-0.3, -0.25) is 4.79 Å². The number of hydrogen-bond donors (Lipinski definition) is 0. The molecule has 6 heteroatoms. The molecule has 0 spiro atoms. The SMILES string of the molecule is CCN1CCN(c2cccc3c2C2CCC[C@H](c4ccc(OC)c(OC)c4)N2C3=O)CC1. The lowest BCUT2D eigenvalue weighted by Crippen LogP contribution is -2.46. The molecule has 0 radical (unpaired) electrons. The first-order valence-electron chi connectivity index (χ1n) is 11.8. The van der Waals surface area contributed by atoms with Crippen molar-refractivity contribution in [1.82, 2.24) is 9.80 Å². The van der Waals surface area contributed by atoms with Crippen molar-refractivity contribution in [3.63, 3.8) is 0 Å². The second kappa shape index (κ2) is 8.66. The predicted octanol–water partition coefficient (Wildman–Crippen LogP) is 4.27. The molecule has 6 nitrogen and oxygen atoms in total. The third kappa shape index (κ3) is 3.41. The molecule has 3 aliphatic heterocycles. The molecule has 1 unspecified atom stereocenters. The standard InChI is InChI=1S/C26H33N3O3/c1-4-27-13-15-28(16-14-27)21-9-5-7-19-25(21)22-10-6-8-20(29(22)26(19)30)18-11-12-23(31-2)24(17-18)32-3/h5,7,9,11-12,17,20,22H,4,6,8,10,13-16H2,1-3H3/t20-,22?/m1/s1. The third-order valence-corrected chi connectivity index (χ3v) is 7.46. The minimum Gasteiger partial charge on any atom is -0.493 e. The maximum Gasteiger partial charge on any atom is 0.255 e. The summed E-state index contributed by atoms with van der Waals surface area (Å²) in [5.41, 5.74) is 4.50. The van der Waals surface area contributed by atoms with Gasteiger partial charge in [0.2, 0.25) is 0 Å². The van der Waals surface area contributed by atoms with E-state index in [-0.39, 0.29) is 18.0 Å². The Morgan fingerprint density at radius 3 is 2.41 bits per heavy atom. The fourth-order valence-electron chi connectivity index (χ4n) is 5.76. The van der Waals surface area contributed by atoms with Crippen LogP contribution in [0.25, 0.3) is 0 Å². The normalized spacial score (nSPS) is 23.2. The molecular formula is C26H33N3O3. The van der Waals surface area contributed by atoms with Crippen LogP contribution in [0.15, 0.2) is 36.4 Å². The van der Waals surface area contributed by atoms with Crippen molar-refractivity contribution in [3.05, 3.63) is 53.1 Å². The summed E-state index contributed by atoms with van der Waals surface area (Å²) in [6.07, 6.45) is 3.09. The number of anilines is 1. The zero-order valence-corrected chi connectivity index (χ0v) is 19.3. The number of piperazine rings is 1. The van der Waals surface area contributed by atoms with Crippen LogP contribution < -0.4 is 14.4 Å². The first-order valence-corrected chi connectivity index (χ1v) is 11.8. The summed E-state index contributed by atoms with van der Waals surface area (Å²) in [5.74, 6) is 1.59. The second-order valence-corrected chi connectivity index (χ2v) is 8.95. The van der Waals surface area contributed by atoms with E-state index < -0.39 is 0 Å². The van der Waals surface area contributed by atoms with Crippen molar-refractivity contribution in [1.29, 1.82) is 0 Å². The Balaban J connectivity index is 1.49. The highest BCUT2D eigenvalue weighted by Crippen LogP contribution is 2.51. The summed E-state index contributed by atoms with van der Waals surface area (Å²) < 4.78 is 11.0. The van der Waals surface area contributed by atoms with Crippen LogP contribution in [0.5, 0.6) is 11.5 Å². The maximum absolute atomic E-state index is 13.7. The van der Waals surface area contributed by atoms with Crippen LogP contribution in [0.2, 0.25) is 0 Å². The molecule has 32 heavy (non-hydrogen) atoms. The molecule has 1 amide bonds. The predicted molar refractivity (Wildman–Crippen MR) is 126 cm³/mol. The van der Waals surface area contributed by atoms with Gasteiger partial charge in [-0.05, 0) is 55.6 Å². The molecule has 3 heterocycles. The molecule has 0 saturated carbocycles. The van der Waals surface area contributed by atoms with Crippen LogP contribution in [0.1, 0.15) is 59.8 Å². The molecule has 2 aromatic carbocycles. The van der Waals surface area contributed by atoms with E-state index >= 15 is 0 Å². The summed E-state index contributed by atoms with van der Waals surface area (Å²) in [6.45, 7) is 7.52. The van der Waals surface area contributed by atoms with Gasteiger partial charge in [-0.2, -0.15) is 0 Å². The number of carbonyl (C=O) groups excluding carboxylic acids is 1. The molecule has 0 N–H and O–H groups in total. The van der Waals surface area contributed by atoms with E-state index in [0.29, 0.717) is 11.5 Å². The van der Waals surface area contributed by atoms with Crippen LogP contribution in [0.4, 0.5) is 5.69 Å². The van der Waals surface area contributed by atoms with E-state index in [1.54, 1.807) is 14.2 Å². The minimum atomic E-state index is 0.0539. The van der Waals surface area contributed by atoms with Gasteiger partial charge < -0.3 is 24.2 Å². The minimum absolute atomic E-state index is 0.0539. The van der Waals surface area contributed by atoms with Crippen molar-refractivity contribution in [2.75, 3.05) is 51.8 Å². The highest BCUT2D eigenvalue weighted by atomic mass is 16.5. The van der Waals surface area contributed by atoms with Gasteiger partial charge in [0, 0.05) is 43.0 Å². The average Bonchev–Trinajstić information content (AvgIpc) is 3.16. The van der Waals surface area contributed by atoms with Crippen LogP contribution in [-0.2, 0) is 0 Å². The zero-order valence-electron chi connectivity index (χ0n) is 19.3. The van der Waals surface area contributed by atoms with E-state index in [1.807, 2.05) is 18.2 Å². The number of amides is 1. The van der Waals surface area contributed by atoms with E-state index in [4.69, 9.17) is 9.47 Å². The Morgan fingerprint density at radius 2 is 1.69 bits per heavy atom. The average molecular weight is 436 g/mol. The molecule has 0 aliphatic carbocycles. The molecule has 3 aliphatic rings. The highest BCUT2D eigenvalue weighted by molar-refractivity contribution is 6.01. The Kier molecular flexibility index (Phi) is 5.72. The molecule has 2 aromatic rings. The van der Waals surface area contributed by atoms with E-state index in [9.17, 15) is 4.79 Å². The van der Waals surface area contributed by atoms with Crippen molar-refractivity contribution in [2.45, 2.75) is 38.3 Å². The van der Waals surface area contributed by atoms with Gasteiger partial charge >= 0.3 is 0 Å². The van der Waals surface area contributed by atoms with E-state index in [2.05, 4.69) is 39.8 Å². The Morgan fingerprint density at radius 1 is 0.938 bits per heavy atom. The second-order valence-electron chi connectivity index (χ2n) is 8.95. The van der Waals surface area contributed by atoms with E-state index in [0.717, 1.165) is 63.1 Å². The third-order valence-electron chi connectivity index (χ3n) is 7.46. The Labute approximate surface area is 190 Å². The lowest BCUT2D eigenvalue weighted by Gasteiger charge is -2.40. The summed E-state index contributed by atoms with van der Waals surface area (Å²) in [4.78, 5) is 20.8. The smallest absolute Gasteiger partial charge is 0.255 e. The summed E-state index contributed by atoms with van der Waals surface area (Å²) >= 11 is 0. The monoisotopic (exact) mass is 435 g/mol. The van der Waals surface area contributed by atoms with Crippen molar-refractivity contribution < 1.29 is 14.3 Å². The molecule has 0 aromatic heterocycles. The van der Waals surface area contributed by atoms with Crippen LogP contribution in [-0.4, -0.2) is 62.7 Å². The maximum atomic E-state index is 13.7. The first kappa shape index (κ1) is 21.1. The molecule has 5 rings (SSSR count). The quantitative estimate of drug-likeness (QED) is 0.702. The number of nitrogens with zero attached hydrogens (tertiary/aromatic N) is 3. The highest BCUT2D eigenvalue weighted by Gasteiger charge is 2.45. The number of benzene rings is 2. The summed E-state index contributed by atoms with van der Waals surface area (Å²) in [5, 5.41) is 0. The molecule has 2 saturated heterocycles. The molecule has 0 bridgehead atoms.